The summed E-state index contributed by atoms with van der Waals surface area (Å²) in [7, 11) is 1.63. The zero-order valence-corrected chi connectivity index (χ0v) is 17.1. The van der Waals surface area contributed by atoms with E-state index in [1.807, 2.05) is 49.4 Å². The molecule has 0 radical (unpaired) electrons. The van der Waals surface area contributed by atoms with Crippen molar-refractivity contribution in [2.24, 2.45) is 0 Å². The number of benzene rings is 3. The van der Waals surface area contributed by atoms with Gasteiger partial charge < -0.3 is 23.7 Å². The minimum absolute atomic E-state index is 0.182. The lowest BCUT2D eigenvalue weighted by atomic mass is 9.99. The van der Waals surface area contributed by atoms with Crippen molar-refractivity contribution >= 4 is 10.8 Å². The first-order valence-electron chi connectivity index (χ1n) is 10.4. The molecule has 3 aromatic rings. The summed E-state index contributed by atoms with van der Waals surface area (Å²) in [5.74, 6) is 0. The smallest absolute Gasteiger partial charge is 0.186 e. The van der Waals surface area contributed by atoms with E-state index in [4.69, 9.17) is 23.7 Å². The molecule has 2 saturated heterocycles. The van der Waals surface area contributed by atoms with Gasteiger partial charge in [-0.2, -0.15) is 0 Å². The van der Waals surface area contributed by atoms with E-state index >= 15 is 0 Å². The second-order valence-corrected chi connectivity index (χ2v) is 7.85. The average molecular weight is 406 g/mol. The number of ether oxygens (including phenoxy) is 5. The van der Waals surface area contributed by atoms with Crippen LogP contribution in [0.5, 0.6) is 0 Å². The Labute approximate surface area is 176 Å². The van der Waals surface area contributed by atoms with Gasteiger partial charge in [-0.05, 0) is 29.3 Å². The number of hydrogen-bond donors (Lipinski definition) is 0. The Hall–Kier alpha value is -2.28. The fraction of sp³-hybridized carbons (Fsp3) is 0.360. The molecule has 5 rings (SSSR count). The van der Waals surface area contributed by atoms with Gasteiger partial charge in [0.1, 0.15) is 18.3 Å². The van der Waals surface area contributed by atoms with Gasteiger partial charge in [0.05, 0.1) is 12.7 Å². The molecule has 0 saturated carbocycles. The van der Waals surface area contributed by atoms with Gasteiger partial charge in [-0.3, -0.25) is 0 Å². The van der Waals surface area contributed by atoms with E-state index < -0.39 is 12.6 Å². The lowest BCUT2D eigenvalue weighted by Gasteiger charge is -2.40. The highest BCUT2D eigenvalue weighted by Gasteiger charge is 2.53. The van der Waals surface area contributed by atoms with Crippen LogP contribution in [0.1, 0.15) is 24.3 Å². The van der Waals surface area contributed by atoms with Crippen molar-refractivity contribution in [3.05, 3.63) is 83.9 Å². The molecule has 0 spiro atoms. The molecule has 156 valence electrons. The van der Waals surface area contributed by atoms with Gasteiger partial charge in [-0.1, -0.05) is 66.7 Å². The average Bonchev–Trinajstić information content (AvgIpc) is 3.24. The zero-order valence-electron chi connectivity index (χ0n) is 17.1. The van der Waals surface area contributed by atoms with Crippen LogP contribution in [0.2, 0.25) is 0 Å². The van der Waals surface area contributed by atoms with Crippen LogP contribution in [0.3, 0.4) is 0 Å². The molecule has 0 N–H and O–H groups in total. The summed E-state index contributed by atoms with van der Waals surface area (Å²) < 4.78 is 30.5. The summed E-state index contributed by atoms with van der Waals surface area (Å²) in [6.07, 6.45) is -2.06. The van der Waals surface area contributed by atoms with E-state index in [1.165, 1.54) is 5.39 Å². The fourth-order valence-corrected chi connectivity index (χ4v) is 4.29. The molecule has 0 bridgehead atoms. The van der Waals surface area contributed by atoms with E-state index in [0.717, 1.165) is 16.5 Å². The second kappa shape index (κ2) is 8.46. The molecule has 0 aromatic heterocycles. The van der Waals surface area contributed by atoms with Crippen molar-refractivity contribution < 1.29 is 23.7 Å². The molecule has 5 nitrogen and oxygen atoms in total. The van der Waals surface area contributed by atoms with E-state index in [0.29, 0.717) is 6.61 Å². The first kappa shape index (κ1) is 19.7. The minimum Gasteiger partial charge on any atom is -0.368 e. The van der Waals surface area contributed by atoms with Crippen LogP contribution in [0, 0.1) is 0 Å². The number of fused-ring (bicyclic) bond motifs is 2. The van der Waals surface area contributed by atoms with Crippen LogP contribution >= 0.6 is 0 Å². The third-order valence-corrected chi connectivity index (χ3v) is 5.85. The summed E-state index contributed by atoms with van der Waals surface area (Å²) in [4.78, 5) is 0. The van der Waals surface area contributed by atoms with Gasteiger partial charge in [-0.15, -0.1) is 0 Å². The maximum atomic E-state index is 6.40. The highest BCUT2D eigenvalue weighted by atomic mass is 16.8. The molecule has 3 aromatic carbocycles. The quantitative estimate of drug-likeness (QED) is 0.620. The van der Waals surface area contributed by atoms with E-state index in [2.05, 4.69) is 30.3 Å². The Morgan fingerprint density at radius 3 is 2.33 bits per heavy atom. The lowest BCUT2D eigenvalue weighted by molar-refractivity contribution is -0.270. The summed E-state index contributed by atoms with van der Waals surface area (Å²) in [6, 6.07) is 24.6. The SMILES string of the molecule is CO[C@@H]1O[C@@H](C)[C@H](OCc2ccccc2)[C@H]2O[C@@H](c3ccc4ccccc4c3)O[C@@H]12. The monoisotopic (exact) mass is 406 g/mol. The van der Waals surface area contributed by atoms with Crippen LogP contribution in [0.15, 0.2) is 72.8 Å². The van der Waals surface area contributed by atoms with Gasteiger partial charge in [0, 0.05) is 12.7 Å². The molecule has 30 heavy (non-hydrogen) atoms. The normalized spacial score (nSPS) is 31.0. The lowest BCUT2D eigenvalue weighted by Crippen LogP contribution is -2.56. The Bertz CT molecular complexity index is 991. The van der Waals surface area contributed by atoms with E-state index in [-0.39, 0.29) is 24.4 Å². The summed E-state index contributed by atoms with van der Waals surface area (Å²) in [5.41, 5.74) is 2.09. The molecule has 2 heterocycles. The van der Waals surface area contributed by atoms with Crippen LogP contribution in [-0.2, 0) is 30.3 Å². The standard InChI is InChI=1S/C25H26O5/c1-16-21(27-15-17-8-4-3-5-9-17)22-23(25(26-2)28-16)30-24(29-22)20-13-12-18-10-6-7-11-19(18)14-20/h3-14,16,21-25H,15H2,1-2H3/t16-,21-,22+,23+,24+,25+/m0/s1. The highest BCUT2D eigenvalue weighted by molar-refractivity contribution is 5.83. The number of rotatable bonds is 5. The van der Waals surface area contributed by atoms with Crippen molar-refractivity contribution in [2.75, 3.05) is 7.11 Å². The third kappa shape index (κ3) is 3.75. The molecule has 0 unspecified atom stereocenters. The predicted molar refractivity (Wildman–Crippen MR) is 113 cm³/mol. The van der Waals surface area contributed by atoms with Crippen LogP contribution in [-0.4, -0.2) is 37.8 Å². The molecule has 2 aliphatic heterocycles. The zero-order chi connectivity index (χ0) is 20.5. The first-order valence-corrected chi connectivity index (χ1v) is 10.4. The van der Waals surface area contributed by atoms with Crippen molar-refractivity contribution in [3.63, 3.8) is 0 Å². The molecule has 2 fully saturated rings. The molecule has 6 atom stereocenters. The highest BCUT2D eigenvalue weighted by Crippen LogP contribution is 2.41. The van der Waals surface area contributed by atoms with Gasteiger partial charge in [-0.25, -0.2) is 0 Å². The Kier molecular flexibility index (Phi) is 5.54. The van der Waals surface area contributed by atoms with Crippen LogP contribution in [0.25, 0.3) is 10.8 Å². The third-order valence-electron chi connectivity index (χ3n) is 5.85. The van der Waals surface area contributed by atoms with E-state index in [1.54, 1.807) is 7.11 Å². The summed E-state index contributed by atoms with van der Waals surface area (Å²) >= 11 is 0. The Balaban J connectivity index is 1.37. The first-order chi connectivity index (χ1) is 14.7. The minimum atomic E-state index is -0.493. The maximum absolute atomic E-state index is 6.40. The molecule has 0 aliphatic carbocycles. The van der Waals surface area contributed by atoms with Crippen molar-refractivity contribution in [1.29, 1.82) is 0 Å². The predicted octanol–water partition coefficient (Wildman–Crippen LogP) is 4.60. The number of methoxy groups -OCH3 is 1. The van der Waals surface area contributed by atoms with Crippen LogP contribution in [0.4, 0.5) is 0 Å². The van der Waals surface area contributed by atoms with E-state index in [9.17, 15) is 0 Å². The summed E-state index contributed by atoms with van der Waals surface area (Å²) in [5, 5.41) is 2.34. The van der Waals surface area contributed by atoms with Crippen molar-refractivity contribution in [3.8, 4) is 0 Å². The molecule has 5 heteroatoms. The number of hydrogen-bond acceptors (Lipinski definition) is 5. The van der Waals surface area contributed by atoms with Gasteiger partial charge in [0.2, 0.25) is 0 Å². The van der Waals surface area contributed by atoms with Gasteiger partial charge in [0.15, 0.2) is 12.6 Å². The molecular weight excluding hydrogens is 380 g/mol. The molecule has 0 amide bonds. The van der Waals surface area contributed by atoms with Gasteiger partial charge in [0.25, 0.3) is 0 Å². The molecular formula is C25H26O5. The Morgan fingerprint density at radius 1 is 0.800 bits per heavy atom. The Morgan fingerprint density at radius 2 is 1.53 bits per heavy atom. The summed E-state index contributed by atoms with van der Waals surface area (Å²) in [6.45, 7) is 2.48. The largest absolute Gasteiger partial charge is 0.368 e. The maximum Gasteiger partial charge on any atom is 0.186 e. The fourth-order valence-electron chi connectivity index (χ4n) is 4.29. The van der Waals surface area contributed by atoms with Crippen LogP contribution < -0.4 is 0 Å². The topological polar surface area (TPSA) is 46.2 Å². The van der Waals surface area contributed by atoms with Crippen molar-refractivity contribution in [1.82, 2.24) is 0 Å². The van der Waals surface area contributed by atoms with Gasteiger partial charge >= 0.3 is 0 Å². The molecule has 2 aliphatic rings. The van der Waals surface area contributed by atoms with Crippen molar-refractivity contribution in [2.45, 2.75) is 50.5 Å². The second-order valence-electron chi connectivity index (χ2n) is 7.85.